The van der Waals surface area contributed by atoms with Gasteiger partial charge in [-0.25, -0.2) is 4.79 Å². The number of carbonyl (C=O) groups excluding carboxylic acids is 2. The van der Waals surface area contributed by atoms with Crippen molar-refractivity contribution in [3.8, 4) is 0 Å². The number of esters is 1. The lowest BCUT2D eigenvalue weighted by Crippen LogP contribution is -2.67. The lowest BCUT2D eigenvalue weighted by molar-refractivity contribution is -0.296. The molecular formula is C26H49NO9. The number of hydrogen-bond donors (Lipinski definition) is 6. The number of methoxy groups -OCH3 is 1. The van der Waals surface area contributed by atoms with Crippen molar-refractivity contribution in [2.75, 3.05) is 13.7 Å². The predicted octanol–water partition coefficient (Wildman–Crippen LogP) is 1.68. The van der Waals surface area contributed by atoms with Crippen LogP contribution in [0.5, 0.6) is 0 Å². The molecule has 212 valence electrons. The Balaban J connectivity index is 2.38. The van der Waals surface area contributed by atoms with Gasteiger partial charge in [0.1, 0.15) is 18.3 Å². The Hall–Kier alpha value is -1.30. The summed E-state index contributed by atoms with van der Waals surface area (Å²) in [4.78, 5) is 24.4. The van der Waals surface area contributed by atoms with E-state index in [1.165, 1.54) is 57.8 Å². The largest absolute Gasteiger partial charge is 0.465 e. The number of hydrogen-bond acceptors (Lipinski definition) is 9. The van der Waals surface area contributed by atoms with Gasteiger partial charge in [0.2, 0.25) is 5.91 Å². The van der Waals surface area contributed by atoms with Crippen molar-refractivity contribution in [2.24, 2.45) is 0 Å². The van der Waals surface area contributed by atoms with Gasteiger partial charge in [-0.15, -0.1) is 0 Å². The van der Waals surface area contributed by atoms with E-state index in [4.69, 9.17) is 4.74 Å². The summed E-state index contributed by atoms with van der Waals surface area (Å²) in [6.45, 7) is 1.40. The van der Waals surface area contributed by atoms with Crippen LogP contribution in [0.25, 0.3) is 0 Å². The van der Waals surface area contributed by atoms with Crippen LogP contribution in [-0.2, 0) is 19.1 Å². The summed E-state index contributed by atoms with van der Waals surface area (Å²) in [5.41, 5.74) is 0. The zero-order chi connectivity index (χ0) is 27.0. The Bertz CT molecular complexity index is 620. The topological polar surface area (TPSA) is 166 Å². The molecule has 10 nitrogen and oxygen atoms in total. The maximum absolute atomic E-state index is 12.5. The minimum atomic E-state index is -2.56. The first-order chi connectivity index (χ1) is 17.2. The standard InChI is InChI=1S/C26H49NO9/c1-3-4-5-6-7-8-9-10-11-12-13-14-15-16-21(31)27-22-19(29)17-26(34,25(33)35-2)36-24(22)23(32)20(30)18-28/h19-20,22-24,28-30,32,34H,3-18H2,1-2H3,(H,27,31)/t19-,20+,22+,23+,24+,26?/m0/s1. The smallest absolute Gasteiger partial charge is 0.366 e. The zero-order valence-corrected chi connectivity index (χ0v) is 22.1. The average Bonchev–Trinajstić information content (AvgIpc) is 2.86. The average molecular weight is 520 g/mol. The quantitative estimate of drug-likeness (QED) is 0.110. The van der Waals surface area contributed by atoms with Gasteiger partial charge in [-0.3, -0.25) is 4.79 Å². The van der Waals surface area contributed by atoms with Crippen LogP contribution in [0.4, 0.5) is 0 Å². The van der Waals surface area contributed by atoms with E-state index in [1.807, 2.05) is 0 Å². The second-order valence-corrected chi connectivity index (χ2v) is 9.96. The van der Waals surface area contributed by atoms with Crippen LogP contribution < -0.4 is 5.32 Å². The molecule has 0 aliphatic carbocycles. The molecule has 0 spiro atoms. The number of aliphatic hydroxyl groups excluding tert-OH is 4. The van der Waals surface area contributed by atoms with Crippen LogP contribution in [-0.4, -0.2) is 87.4 Å². The van der Waals surface area contributed by atoms with E-state index in [0.29, 0.717) is 6.42 Å². The van der Waals surface area contributed by atoms with E-state index in [1.54, 1.807) is 0 Å². The third kappa shape index (κ3) is 11.4. The summed E-state index contributed by atoms with van der Waals surface area (Å²) in [6.07, 6.45) is 8.49. The monoisotopic (exact) mass is 519 g/mol. The molecule has 1 rings (SSSR count). The molecule has 6 atom stereocenters. The van der Waals surface area contributed by atoms with Crippen molar-refractivity contribution in [3.05, 3.63) is 0 Å². The molecule has 0 bridgehead atoms. The van der Waals surface area contributed by atoms with Crippen molar-refractivity contribution in [3.63, 3.8) is 0 Å². The van der Waals surface area contributed by atoms with Gasteiger partial charge in [0.25, 0.3) is 5.79 Å². The molecule has 1 unspecified atom stereocenters. The number of unbranched alkanes of at least 4 members (excludes halogenated alkanes) is 12. The zero-order valence-electron chi connectivity index (χ0n) is 22.1. The molecule has 36 heavy (non-hydrogen) atoms. The van der Waals surface area contributed by atoms with Gasteiger partial charge in [0, 0.05) is 12.8 Å². The van der Waals surface area contributed by atoms with Gasteiger partial charge in [0.15, 0.2) is 0 Å². The summed E-state index contributed by atoms with van der Waals surface area (Å²) in [5, 5.41) is 53.0. The van der Waals surface area contributed by atoms with Crippen LogP contribution in [0.3, 0.4) is 0 Å². The lowest BCUT2D eigenvalue weighted by atomic mass is 9.88. The highest BCUT2D eigenvalue weighted by atomic mass is 16.7. The molecule has 10 heteroatoms. The molecule has 0 aromatic carbocycles. The molecule has 0 aromatic heterocycles. The molecule has 1 heterocycles. The number of carbonyl (C=O) groups is 2. The predicted molar refractivity (Wildman–Crippen MR) is 134 cm³/mol. The number of nitrogens with one attached hydrogen (secondary N) is 1. The minimum absolute atomic E-state index is 0.202. The SMILES string of the molecule is CCCCCCCCCCCCCCCC(=O)N[C@H]1[C@H]([C@H](O)[C@H](O)CO)OC(O)(C(=O)OC)C[C@@H]1O. The van der Waals surface area contributed by atoms with Crippen molar-refractivity contribution >= 4 is 11.9 Å². The van der Waals surface area contributed by atoms with Gasteiger partial charge in [-0.05, 0) is 6.42 Å². The van der Waals surface area contributed by atoms with Gasteiger partial charge < -0.3 is 40.3 Å². The van der Waals surface area contributed by atoms with Crippen LogP contribution in [0.2, 0.25) is 0 Å². The Morgan fingerprint density at radius 3 is 1.94 bits per heavy atom. The molecule has 0 saturated carbocycles. The highest BCUT2D eigenvalue weighted by Crippen LogP contribution is 2.31. The summed E-state index contributed by atoms with van der Waals surface area (Å²) in [7, 11) is 1.02. The molecule has 1 aliphatic heterocycles. The van der Waals surface area contributed by atoms with E-state index >= 15 is 0 Å². The van der Waals surface area contributed by atoms with E-state index < -0.39 is 55.2 Å². The van der Waals surface area contributed by atoms with Crippen molar-refractivity contribution < 1.29 is 44.6 Å². The first-order valence-electron chi connectivity index (χ1n) is 13.6. The van der Waals surface area contributed by atoms with Gasteiger partial charge in [0.05, 0.1) is 25.9 Å². The van der Waals surface area contributed by atoms with E-state index in [9.17, 15) is 35.1 Å². The molecule has 6 N–H and O–H groups in total. The van der Waals surface area contributed by atoms with Gasteiger partial charge in [-0.2, -0.15) is 0 Å². The fourth-order valence-electron chi connectivity index (χ4n) is 4.62. The van der Waals surface area contributed by atoms with Crippen molar-refractivity contribution in [1.29, 1.82) is 0 Å². The minimum Gasteiger partial charge on any atom is -0.465 e. The number of ether oxygens (including phenoxy) is 2. The Morgan fingerprint density at radius 2 is 1.47 bits per heavy atom. The maximum Gasteiger partial charge on any atom is 0.366 e. The Kier molecular flexibility index (Phi) is 16.4. The second kappa shape index (κ2) is 18.0. The number of aliphatic hydroxyl groups is 5. The molecule has 1 fully saturated rings. The first kappa shape index (κ1) is 32.7. The Labute approximate surface area is 215 Å². The lowest BCUT2D eigenvalue weighted by Gasteiger charge is -2.45. The highest BCUT2D eigenvalue weighted by molar-refractivity contribution is 5.78. The van der Waals surface area contributed by atoms with Crippen molar-refractivity contribution in [1.82, 2.24) is 5.32 Å². The van der Waals surface area contributed by atoms with E-state index in [2.05, 4.69) is 17.0 Å². The Morgan fingerprint density at radius 1 is 0.972 bits per heavy atom. The maximum atomic E-state index is 12.5. The summed E-state index contributed by atoms with van der Waals surface area (Å²) >= 11 is 0. The normalized spacial score (nSPS) is 25.8. The van der Waals surface area contributed by atoms with Crippen LogP contribution in [0, 0.1) is 0 Å². The van der Waals surface area contributed by atoms with E-state index in [0.717, 1.165) is 26.4 Å². The molecule has 0 aromatic rings. The third-order valence-corrected chi connectivity index (χ3v) is 6.84. The van der Waals surface area contributed by atoms with Crippen molar-refractivity contribution in [2.45, 2.75) is 139 Å². The molecule has 1 aliphatic rings. The number of amides is 1. The van der Waals surface area contributed by atoms with Crippen LogP contribution in [0.15, 0.2) is 0 Å². The molecule has 1 amide bonds. The summed E-state index contributed by atoms with van der Waals surface area (Å²) in [6, 6.07) is -1.21. The summed E-state index contributed by atoms with van der Waals surface area (Å²) < 4.78 is 9.80. The number of rotatable bonds is 19. The van der Waals surface area contributed by atoms with Crippen LogP contribution in [0.1, 0.15) is 103 Å². The summed E-state index contributed by atoms with van der Waals surface area (Å²) in [5.74, 6) is -4.13. The second-order valence-electron chi connectivity index (χ2n) is 9.96. The third-order valence-electron chi connectivity index (χ3n) is 6.84. The van der Waals surface area contributed by atoms with Crippen LogP contribution >= 0.6 is 0 Å². The van der Waals surface area contributed by atoms with Gasteiger partial charge >= 0.3 is 5.97 Å². The molecular weight excluding hydrogens is 470 g/mol. The molecule has 0 radical (unpaired) electrons. The van der Waals surface area contributed by atoms with Gasteiger partial charge in [-0.1, -0.05) is 84.0 Å². The molecule has 1 saturated heterocycles. The van der Waals surface area contributed by atoms with E-state index in [-0.39, 0.29) is 12.3 Å². The fourth-order valence-corrected chi connectivity index (χ4v) is 4.62. The fraction of sp³-hybridized carbons (Fsp3) is 0.923. The highest BCUT2D eigenvalue weighted by Gasteiger charge is 2.54. The first-order valence-corrected chi connectivity index (χ1v) is 13.6.